The quantitative estimate of drug-likeness (QED) is 0.0271. The summed E-state index contributed by atoms with van der Waals surface area (Å²) in [5.41, 5.74) is 5.34. The summed E-state index contributed by atoms with van der Waals surface area (Å²) in [4.78, 5) is 34.8. The standard InChI is InChI=1S/C45H76NO8P/c1-3-5-7-9-11-13-15-17-19-21-23-25-27-29-31-33-35-37-44(47)51-41-43(42-53-55(49,50)52-40-39-46)54-45(48)38-36-34-32-30-28-26-24-22-20-18-16-14-12-10-8-6-4-2/h11-14,17-20,23-26,29,31,43H,3-10,15-16,21-22,27-28,30,32-42,46H2,1-2H3,(H,49,50)/b13-11+,14-12+,19-17+,20-18+,25-23+,26-24+,31-29+/t43-/m1/s1. The third kappa shape index (κ3) is 40.7. The summed E-state index contributed by atoms with van der Waals surface area (Å²) < 4.78 is 32.7. The van der Waals surface area contributed by atoms with Gasteiger partial charge in [0.1, 0.15) is 6.61 Å². The molecule has 0 aromatic carbocycles. The summed E-state index contributed by atoms with van der Waals surface area (Å²) in [6, 6.07) is 0. The fourth-order valence-electron chi connectivity index (χ4n) is 5.10. The number of phosphoric ester groups is 1. The Morgan fingerprint density at radius 2 is 0.964 bits per heavy atom. The molecular formula is C45H76NO8P. The molecule has 55 heavy (non-hydrogen) atoms. The minimum atomic E-state index is -4.40. The molecule has 9 nitrogen and oxygen atoms in total. The van der Waals surface area contributed by atoms with Crippen LogP contribution in [0.15, 0.2) is 85.1 Å². The van der Waals surface area contributed by atoms with Gasteiger partial charge in [-0.05, 0) is 89.9 Å². The average molecular weight is 790 g/mol. The number of esters is 2. The first-order valence-corrected chi connectivity index (χ1v) is 22.6. The van der Waals surface area contributed by atoms with Crippen molar-refractivity contribution in [2.75, 3.05) is 26.4 Å². The third-order valence-corrected chi connectivity index (χ3v) is 9.24. The lowest BCUT2D eigenvalue weighted by atomic mass is 10.1. The van der Waals surface area contributed by atoms with E-state index in [1.807, 2.05) is 6.08 Å². The zero-order chi connectivity index (χ0) is 40.3. The molecule has 314 valence electrons. The second-order valence-electron chi connectivity index (χ2n) is 13.5. The Balaban J connectivity index is 4.34. The van der Waals surface area contributed by atoms with Gasteiger partial charge in [-0.15, -0.1) is 0 Å². The number of hydrogen-bond donors (Lipinski definition) is 2. The minimum Gasteiger partial charge on any atom is -0.462 e. The largest absolute Gasteiger partial charge is 0.472 e. The number of nitrogens with two attached hydrogens (primary N) is 1. The molecule has 0 fully saturated rings. The predicted octanol–water partition coefficient (Wildman–Crippen LogP) is 12.0. The van der Waals surface area contributed by atoms with Crippen LogP contribution in [0.1, 0.15) is 155 Å². The van der Waals surface area contributed by atoms with Gasteiger partial charge in [-0.25, -0.2) is 4.57 Å². The van der Waals surface area contributed by atoms with Crippen molar-refractivity contribution in [2.24, 2.45) is 5.73 Å². The Labute approximate surface area is 334 Å². The minimum absolute atomic E-state index is 0.0377. The van der Waals surface area contributed by atoms with Crippen molar-refractivity contribution < 1.29 is 37.6 Å². The first-order valence-electron chi connectivity index (χ1n) is 21.1. The first-order chi connectivity index (χ1) is 26.8. The molecule has 0 aliphatic carbocycles. The van der Waals surface area contributed by atoms with E-state index in [9.17, 15) is 19.0 Å². The number of ether oxygens (including phenoxy) is 2. The van der Waals surface area contributed by atoms with Crippen LogP contribution < -0.4 is 5.73 Å². The van der Waals surface area contributed by atoms with Gasteiger partial charge in [-0.1, -0.05) is 137 Å². The Morgan fingerprint density at radius 1 is 0.545 bits per heavy atom. The Hall–Kier alpha value is -2.81. The molecule has 0 saturated carbocycles. The highest BCUT2D eigenvalue weighted by Crippen LogP contribution is 2.43. The van der Waals surface area contributed by atoms with Crippen LogP contribution in [0.3, 0.4) is 0 Å². The van der Waals surface area contributed by atoms with Crippen LogP contribution >= 0.6 is 7.82 Å². The van der Waals surface area contributed by atoms with E-state index in [0.29, 0.717) is 12.8 Å². The summed E-state index contributed by atoms with van der Waals surface area (Å²) in [6.07, 6.45) is 50.4. The monoisotopic (exact) mass is 790 g/mol. The molecule has 0 radical (unpaired) electrons. The SMILES string of the molecule is CCCCC/C=C/C/C=C/C/C=C/C/C=C/CCCC(=O)OC[C@H](COP(=O)(O)OCCN)OC(=O)CCCCCC/C=C/C/C=C/C/C=C/CCCCC. The highest BCUT2D eigenvalue weighted by atomic mass is 31.2. The van der Waals surface area contributed by atoms with Gasteiger partial charge in [-0.3, -0.25) is 18.6 Å². The van der Waals surface area contributed by atoms with Gasteiger partial charge < -0.3 is 20.1 Å². The Kier molecular flexibility index (Phi) is 38.8. The number of carbonyl (C=O) groups is 2. The molecule has 0 aliphatic heterocycles. The molecule has 0 bridgehead atoms. The highest BCUT2D eigenvalue weighted by Gasteiger charge is 2.25. The van der Waals surface area contributed by atoms with Gasteiger partial charge >= 0.3 is 19.8 Å². The van der Waals surface area contributed by atoms with Gasteiger partial charge in [-0.2, -0.15) is 0 Å². The van der Waals surface area contributed by atoms with Crippen molar-refractivity contribution in [2.45, 2.75) is 161 Å². The number of rotatable bonds is 38. The maximum Gasteiger partial charge on any atom is 0.472 e. The summed E-state index contributed by atoms with van der Waals surface area (Å²) >= 11 is 0. The molecule has 0 aromatic rings. The van der Waals surface area contributed by atoms with Gasteiger partial charge in [0.15, 0.2) is 6.10 Å². The number of allylic oxidation sites excluding steroid dienone is 14. The maximum absolute atomic E-state index is 12.6. The third-order valence-electron chi connectivity index (χ3n) is 8.25. The van der Waals surface area contributed by atoms with E-state index in [2.05, 4.69) is 92.8 Å². The lowest BCUT2D eigenvalue weighted by molar-refractivity contribution is -0.161. The summed E-state index contributed by atoms with van der Waals surface area (Å²) in [6.45, 7) is 3.56. The van der Waals surface area contributed by atoms with Gasteiger partial charge in [0.25, 0.3) is 0 Å². The molecule has 3 N–H and O–H groups in total. The second-order valence-corrected chi connectivity index (χ2v) is 14.9. The molecule has 1 unspecified atom stereocenters. The van der Waals surface area contributed by atoms with Gasteiger partial charge in [0, 0.05) is 19.4 Å². The van der Waals surface area contributed by atoms with Crippen LogP contribution in [0.25, 0.3) is 0 Å². The van der Waals surface area contributed by atoms with Crippen LogP contribution in [-0.4, -0.2) is 49.3 Å². The predicted molar refractivity (Wildman–Crippen MR) is 229 cm³/mol. The van der Waals surface area contributed by atoms with Crippen LogP contribution in [0.2, 0.25) is 0 Å². The van der Waals surface area contributed by atoms with E-state index in [0.717, 1.165) is 64.2 Å². The zero-order valence-electron chi connectivity index (χ0n) is 34.4. The average Bonchev–Trinajstić information content (AvgIpc) is 3.17. The van der Waals surface area contributed by atoms with Gasteiger partial charge in [0.2, 0.25) is 0 Å². The van der Waals surface area contributed by atoms with Crippen molar-refractivity contribution in [3.8, 4) is 0 Å². The van der Waals surface area contributed by atoms with Crippen molar-refractivity contribution in [1.29, 1.82) is 0 Å². The Bertz CT molecular complexity index is 1170. The summed E-state index contributed by atoms with van der Waals surface area (Å²) in [5.74, 6) is -0.929. The molecule has 0 saturated heterocycles. The van der Waals surface area contributed by atoms with E-state index < -0.39 is 32.5 Å². The van der Waals surface area contributed by atoms with Crippen molar-refractivity contribution in [3.05, 3.63) is 85.1 Å². The van der Waals surface area contributed by atoms with Crippen molar-refractivity contribution in [1.82, 2.24) is 0 Å². The lowest BCUT2D eigenvalue weighted by Gasteiger charge is -2.19. The molecular weight excluding hydrogens is 713 g/mol. The number of unbranched alkanes of at least 4 members (excludes halogenated alkanes) is 11. The van der Waals surface area contributed by atoms with Crippen molar-refractivity contribution >= 4 is 19.8 Å². The van der Waals surface area contributed by atoms with E-state index in [1.54, 1.807) is 0 Å². The molecule has 0 spiro atoms. The normalized spacial score (nSPS) is 14.2. The second kappa shape index (κ2) is 40.8. The molecule has 0 amide bonds. The summed E-state index contributed by atoms with van der Waals surface area (Å²) in [5, 5.41) is 0. The van der Waals surface area contributed by atoms with Crippen LogP contribution in [-0.2, 0) is 32.7 Å². The van der Waals surface area contributed by atoms with Crippen LogP contribution in [0.5, 0.6) is 0 Å². The highest BCUT2D eigenvalue weighted by molar-refractivity contribution is 7.47. The molecule has 0 aromatic heterocycles. The fourth-order valence-corrected chi connectivity index (χ4v) is 5.87. The smallest absolute Gasteiger partial charge is 0.462 e. The van der Waals surface area contributed by atoms with Crippen LogP contribution in [0, 0.1) is 0 Å². The maximum atomic E-state index is 12.6. The number of phosphoric acid groups is 1. The number of carbonyl (C=O) groups excluding carboxylic acids is 2. The molecule has 0 aliphatic rings. The van der Waals surface area contributed by atoms with E-state index in [4.69, 9.17) is 24.3 Å². The fraction of sp³-hybridized carbons (Fsp3) is 0.644. The number of hydrogen-bond acceptors (Lipinski definition) is 8. The molecule has 0 heterocycles. The summed E-state index contributed by atoms with van der Waals surface area (Å²) in [7, 11) is -4.40. The molecule has 2 atom stereocenters. The Morgan fingerprint density at radius 3 is 1.44 bits per heavy atom. The first kappa shape index (κ1) is 52.2. The van der Waals surface area contributed by atoms with Crippen molar-refractivity contribution in [3.63, 3.8) is 0 Å². The van der Waals surface area contributed by atoms with Gasteiger partial charge in [0.05, 0.1) is 13.2 Å². The molecule has 10 heteroatoms. The van der Waals surface area contributed by atoms with E-state index >= 15 is 0 Å². The topological polar surface area (TPSA) is 134 Å². The van der Waals surface area contributed by atoms with E-state index in [-0.39, 0.29) is 32.6 Å². The van der Waals surface area contributed by atoms with Crippen LogP contribution in [0.4, 0.5) is 0 Å². The zero-order valence-corrected chi connectivity index (χ0v) is 35.3. The van der Waals surface area contributed by atoms with E-state index in [1.165, 1.54) is 51.4 Å². The lowest BCUT2D eigenvalue weighted by Crippen LogP contribution is -2.29. The molecule has 0 rings (SSSR count).